The Hall–Kier alpha value is -1.28. The van der Waals surface area contributed by atoms with Gasteiger partial charge in [-0.2, -0.15) is 18.3 Å². The molecule has 2 atom stereocenters. The molecule has 0 radical (unpaired) electrons. The zero-order valence-electron chi connectivity index (χ0n) is 12.4. The molecule has 24 heavy (non-hydrogen) atoms. The summed E-state index contributed by atoms with van der Waals surface area (Å²) in [5, 5.41) is 7.84. The molecule has 0 amide bonds. The van der Waals surface area contributed by atoms with Crippen LogP contribution in [0.25, 0.3) is 0 Å². The number of hydrogen-bond donors (Lipinski definition) is 1. The van der Waals surface area contributed by atoms with Crippen molar-refractivity contribution in [3.63, 3.8) is 0 Å². The minimum Gasteiger partial charge on any atom is -0.369 e. The standard InChI is InChI=1S/C15H13BrClF3N4/c16-10-5-21-13-11(12(10)17)14(7-22-13)2-1-9(3-14)24-6-8(4-23-24)15(18,19)20/h4-6,9H,1-3,7H2,(H,21,22). The third kappa shape index (κ3) is 2.42. The molecule has 2 aromatic rings. The highest BCUT2D eigenvalue weighted by Crippen LogP contribution is 2.54. The van der Waals surface area contributed by atoms with E-state index < -0.39 is 11.7 Å². The van der Waals surface area contributed by atoms with Gasteiger partial charge in [0.2, 0.25) is 0 Å². The van der Waals surface area contributed by atoms with E-state index >= 15 is 0 Å². The van der Waals surface area contributed by atoms with Crippen LogP contribution in [-0.2, 0) is 11.6 Å². The molecule has 0 saturated heterocycles. The zero-order valence-corrected chi connectivity index (χ0v) is 14.7. The highest BCUT2D eigenvalue weighted by atomic mass is 79.9. The molecule has 3 heterocycles. The predicted octanol–water partition coefficient (Wildman–Crippen LogP) is 4.80. The molecule has 0 bridgehead atoms. The summed E-state index contributed by atoms with van der Waals surface area (Å²) >= 11 is 9.87. The summed E-state index contributed by atoms with van der Waals surface area (Å²) in [5.74, 6) is 0.764. The van der Waals surface area contributed by atoms with Gasteiger partial charge in [0.1, 0.15) is 5.82 Å². The number of nitrogens with zero attached hydrogens (tertiary/aromatic N) is 3. The Bertz CT molecular complexity index is 807. The molecule has 4 nitrogen and oxygen atoms in total. The average molecular weight is 422 g/mol. The van der Waals surface area contributed by atoms with Gasteiger partial charge in [-0.25, -0.2) is 4.98 Å². The van der Waals surface area contributed by atoms with Crippen molar-refractivity contribution in [2.75, 3.05) is 11.9 Å². The van der Waals surface area contributed by atoms with Gasteiger partial charge in [-0.05, 0) is 35.2 Å². The summed E-state index contributed by atoms with van der Waals surface area (Å²) in [6.07, 6.45) is 1.53. The van der Waals surface area contributed by atoms with Crippen LogP contribution in [-0.4, -0.2) is 21.3 Å². The van der Waals surface area contributed by atoms with Gasteiger partial charge in [0.15, 0.2) is 0 Å². The van der Waals surface area contributed by atoms with Crippen LogP contribution >= 0.6 is 27.5 Å². The number of alkyl halides is 3. The van der Waals surface area contributed by atoms with E-state index in [0.717, 1.165) is 41.1 Å². The molecule has 9 heteroatoms. The number of nitrogens with one attached hydrogen (secondary N) is 1. The van der Waals surface area contributed by atoms with Gasteiger partial charge in [-0.3, -0.25) is 4.68 Å². The van der Waals surface area contributed by atoms with Crippen LogP contribution in [0.3, 0.4) is 0 Å². The molecule has 1 spiro atoms. The van der Waals surface area contributed by atoms with Crippen molar-refractivity contribution in [3.05, 3.63) is 39.2 Å². The van der Waals surface area contributed by atoms with Gasteiger partial charge in [0.25, 0.3) is 0 Å². The number of anilines is 1. The molecule has 0 aromatic carbocycles. The van der Waals surface area contributed by atoms with Crippen LogP contribution < -0.4 is 5.32 Å². The first-order valence-electron chi connectivity index (χ1n) is 7.50. The second-order valence-electron chi connectivity index (χ2n) is 6.38. The monoisotopic (exact) mass is 420 g/mol. The van der Waals surface area contributed by atoms with Crippen molar-refractivity contribution in [3.8, 4) is 0 Å². The van der Waals surface area contributed by atoms with Crippen molar-refractivity contribution < 1.29 is 13.2 Å². The third-order valence-electron chi connectivity index (χ3n) is 4.98. The second-order valence-corrected chi connectivity index (χ2v) is 7.61. The Morgan fingerprint density at radius 2 is 2.17 bits per heavy atom. The molecule has 2 aromatic heterocycles. The summed E-state index contributed by atoms with van der Waals surface area (Å²) < 4.78 is 40.5. The first kappa shape index (κ1) is 16.2. The molecule has 2 unspecified atom stereocenters. The maximum absolute atomic E-state index is 12.8. The number of pyridine rings is 1. The van der Waals surface area contributed by atoms with Gasteiger partial charge < -0.3 is 5.32 Å². The molecule has 1 aliphatic heterocycles. The molecule has 2 aliphatic rings. The van der Waals surface area contributed by atoms with Gasteiger partial charge >= 0.3 is 6.18 Å². The Kier molecular flexibility index (Phi) is 3.62. The normalized spacial score (nSPS) is 26.0. The Labute approximate surface area is 149 Å². The average Bonchev–Trinajstić information content (AvgIpc) is 3.22. The lowest BCUT2D eigenvalue weighted by Gasteiger charge is -2.24. The van der Waals surface area contributed by atoms with E-state index in [1.807, 2.05) is 0 Å². The van der Waals surface area contributed by atoms with E-state index in [4.69, 9.17) is 11.6 Å². The fourth-order valence-electron chi connectivity index (χ4n) is 3.82. The summed E-state index contributed by atoms with van der Waals surface area (Å²) in [5.41, 5.74) is 0.0400. The predicted molar refractivity (Wildman–Crippen MR) is 87.2 cm³/mol. The molecule has 1 fully saturated rings. The highest BCUT2D eigenvalue weighted by molar-refractivity contribution is 9.10. The lowest BCUT2D eigenvalue weighted by Crippen LogP contribution is -2.26. The van der Waals surface area contributed by atoms with Crippen LogP contribution in [0.15, 0.2) is 23.1 Å². The van der Waals surface area contributed by atoms with Crippen molar-refractivity contribution in [2.24, 2.45) is 0 Å². The van der Waals surface area contributed by atoms with Gasteiger partial charge in [-0.15, -0.1) is 0 Å². The number of halogens is 5. The van der Waals surface area contributed by atoms with E-state index in [1.54, 1.807) is 6.20 Å². The molecule has 1 N–H and O–H groups in total. The summed E-state index contributed by atoms with van der Waals surface area (Å²) in [6.45, 7) is 0.690. The lowest BCUT2D eigenvalue weighted by molar-refractivity contribution is -0.137. The van der Waals surface area contributed by atoms with Crippen LogP contribution in [0.2, 0.25) is 5.02 Å². The molecule has 1 aliphatic carbocycles. The van der Waals surface area contributed by atoms with Crippen molar-refractivity contribution in [1.82, 2.24) is 14.8 Å². The Morgan fingerprint density at radius 3 is 2.88 bits per heavy atom. The van der Waals surface area contributed by atoms with Crippen molar-refractivity contribution in [1.29, 1.82) is 0 Å². The summed E-state index contributed by atoms with van der Waals surface area (Å²) in [6, 6.07) is -0.0797. The van der Waals surface area contributed by atoms with Crippen molar-refractivity contribution >= 4 is 33.3 Å². The lowest BCUT2D eigenvalue weighted by atomic mass is 9.81. The Balaban J connectivity index is 1.65. The van der Waals surface area contributed by atoms with E-state index in [1.165, 1.54) is 4.68 Å². The fraction of sp³-hybridized carbons (Fsp3) is 0.467. The van der Waals surface area contributed by atoms with E-state index in [0.29, 0.717) is 18.0 Å². The van der Waals surface area contributed by atoms with Crippen LogP contribution in [0, 0.1) is 0 Å². The minimum absolute atomic E-state index is 0.0797. The maximum Gasteiger partial charge on any atom is 0.419 e. The first-order valence-corrected chi connectivity index (χ1v) is 8.67. The van der Waals surface area contributed by atoms with Gasteiger partial charge in [-0.1, -0.05) is 11.6 Å². The van der Waals surface area contributed by atoms with E-state index in [2.05, 4.69) is 31.3 Å². The van der Waals surface area contributed by atoms with Crippen molar-refractivity contribution in [2.45, 2.75) is 36.9 Å². The minimum atomic E-state index is -4.37. The number of rotatable bonds is 1. The van der Waals surface area contributed by atoms with E-state index in [9.17, 15) is 13.2 Å². The summed E-state index contributed by atoms with van der Waals surface area (Å²) in [7, 11) is 0. The molecular formula is C15H13BrClF3N4. The maximum atomic E-state index is 12.8. The second kappa shape index (κ2) is 5.36. The van der Waals surface area contributed by atoms with Crippen LogP contribution in [0.4, 0.5) is 19.0 Å². The summed E-state index contributed by atoms with van der Waals surface area (Å²) in [4.78, 5) is 4.36. The smallest absolute Gasteiger partial charge is 0.369 e. The molecular weight excluding hydrogens is 409 g/mol. The SMILES string of the molecule is FC(F)(F)c1cnn(C2CCC3(CNc4ncc(Br)c(Cl)c43)C2)c1. The third-order valence-corrected chi connectivity index (χ3v) is 6.21. The van der Waals surface area contributed by atoms with Gasteiger partial charge in [0.05, 0.1) is 27.3 Å². The topological polar surface area (TPSA) is 42.7 Å². The van der Waals surface area contributed by atoms with Crippen LogP contribution in [0.5, 0.6) is 0 Å². The van der Waals surface area contributed by atoms with E-state index in [-0.39, 0.29) is 11.5 Å². The fourth-order valence-corrected chi connectivity index (χ4v) is 4.46. The van der Waals surface area contributed by atoms with Crippen LogP contribution in [0.1, 0.15) is 36.4 Å². The van der Waals surface area contributed by atoms with Gasteiger partial charge in [0, 0.05) is 29.9 Å². The highest BCUT2D eigenvalue weighted by Gasteiger charge is 2.48. The first-order chi connectivity index (χ1) is 11.3. The zero-order chi connectivity index (χ0) is 17.1. The molecule has 128 valence electrons. The molecule has 1 saturated carbocycles. The number of fused-ring (bicyclic) bond motifs is 2. The Morgan fingerprint density at radius 1 is 1.38 bits per heavy atom. The number of aromatic nitrogens is 3. The molecule has 4 rings (SSSR count). The quantitative estimate of drug-likeness (QED) is 0.719. The largest absolute Gasteiger partial charge is 0.419 e. The number of hydrogen-bond acceptors (Lipinski definition) is 3.